The van der Waals surface area contributed by atoms with Crippen LogP contribution in [0.3, 0.4) is 0 Å². The number of hydrogen-bond donors (Lipinski definition) is 5. The van der Waals surface area contributed by atoms with Gasteiger partial charge in [0, 0.05) is 63.4 Å². The van der Waals surface area contributed by atoms with Crippen LogP contribution >= 0.6 is 0 Å². The Bertz CT molecular complexity index is 3170. The highest BCUT2D eigenvalue weighted by atomic mass is 16.5. The van der Waals surface area contributed by atoms with Gasteiger partial charge in [0.05, 0.1) is 40.7 Å². The van der Waals surface area contributed by atoms with E-state index in [9.17, 15) is 19.2 Å². The monoisotopic (exact) mass is 969 g/mol. The quantitative estimate of drug-likeness (QED) is 0.0820. The highest BCUT2D eigenvalue weighted by Crippen LogP contribution is 2.35. The average Bonchev–Trinajstić information content (AvgIpc) is 4.23. The molecule has 2 saturated heterocycles. The third-order valence-corrected chi connectivity index (χ3v) is 12.9. The van der Waals surface area contributed by atoms with Crippen molar-refractivity contribution in [2.24, 2.45) is 5.73 Å². The fourth-order valence-corrected chi connectivity index (χ4v) is 9.54. The Labute approximate surface area is 406 Å². The summed E-state index contributed by atoms with van der Waals surface area (Å²) >= 11 is 0. The van der Waals surface area contributed by atoms with E-state index in [0.29, 0.717) is 113 Å². The molecule has 5 aromatic heterocycles. The number of aromatic amines is 1. The molecule has 7 aromatic rings. The second-order valence-electron chi connectivity index (χ2n) is 17.9. The van der Waals surface area contributed by atoms with E-state index in [1.54, 1.807) is 45.8 Å². The smallest absolute Gasteiger partial charge is 0.276 e. The molecule has 0 saturated carbocycles. The molecule has 3 atom stereocenters. The number of allylic oxidation sites excluding steroid dienone is 2. The number of likely N-dealkylation sites (tertiary alicyclic amines) is 1. The third-order valence-electron chi connectivity index (χ3n) is 12.9. The summed E-state index contributed by atoms with van der Waals surface area (Å²) in [5.74, 6) is -0.259. The number of ether oxygens (including phenoxy) is 3. The van der Waals surface area contributed by atoms with E-state index in [1.165, 1.54) is 0 Å². The predicted octanol–water partition coefficient (Wildman–Crippen LogP) is 3.17. The number of carbonyl (C=O) groups is 4. The van der Waals surface area contributed by atoms with Crippen LogP contribution in [0.4, 0.5) is 11.9 Å². The van der Waals surface area contributed by atoms with E-state index in [1.807, 2.05) is 49.0 Å². The number of fused-ring (bicyclic) bond motifs is 2. The number of nitrogens with two attached hydrogens (primary N) is 1. The number of hydrogen-bond acceptors (Lipinski definition) is 15. The van der Waals surface area contributed by atoms with Crippen molar-refractivity contribution in [3.05, 3.63) is 88.3 Å². The molecule has 3 unspecified atom stereocenters. The molecule has 3 aliphatic rings. The number of rotatable bonds is 13. The number of aryl methyl sites for hydroxylation is 5. The first-order valence-electron chi connectivity index (χ1n) is 23.8. The molecule has 0 aliphatic carbocycles. The molecule has 3 aliphatic heterocycles. The molecule has 370 valence electrons. The minimum absolute atomic E-state index is 0.0286. The van der Waals surface area contributed by atoms with Gasteiger partial charge in [-0.3, -0.25) is 44.1 Å². The Balaban J connectivity index is 1.08. The van der Waals surface area contributed by atoms with E-state index in [2.05, 4.69) is 51.7 Å². The van der Waals surface area contributed by atoms with Gasteiger partial charge in [0.15, 0.2) is 5.82 Å². The van der Waals surface area contributed by atoms with Crippen molar-refractivity contribution in [1.29, 1.82) is 0 Å². The molecule has 2 fully saturated rings. The van der Waals surface area contributed by atoms with Gasteiger partial charge < -0.3 is 34.4 Å². The lowest BCUT2D eigenvalue weighted by Crippen LogP contribution is -2.52. The van der Waals surface area contributed by atoms with Crippen molar-refractivity contribution in [1.82, 2.24) is 69.5 Å². The van der Waals surface area contributed by atoms with E-state index in [4.69, 9.17) is 29.9 Å². The second kappa shape index (κ2) is 19.8. The number of nitrogens with one attached hydrogen (secondary N) is 4. The summed E-state index contributed by atoms with van der Waals surface area (Å²) in [6.45, 7) is 10.5. The Kier molecular flexibility index (Phi) is 13.0. The largest absolute Gasteiger partial charge is 0.490 e. The zero-order valence-corrected chi connectivity index (χ0v) is 39.8. The number of nitrogens with zero attached hydrogens (tertiary/aromatic N) is 12. The molecule has 24 nitrogen and oxygen atoms in total. The number of H-pyrrole nitrogens is 1. The molecular weight excluding hydrogens is 915 g/mol. The third kappa shape index (κ3) is 9.66. The van der Waals surface area contributed by atoms with Gasteiger partial charge in [-0.2, -0.15) is 15.4 Å². The Hall–Kier alpha value is -7.99. The maximum absolute atomic E-state index is 14.1. The van der Waals surface area contributed by atoms with Crippen LogP contribution < -0.4 is 31.2 Å². The topological polar surface area (TPSA) is 287 Å². The summed E-state index contributed by atoms with van der Waals surface area (Å²) in [4.78, 5) is 67.0. The summed E-state index contributed by atoms with van der Waals surface area (Å²) in [7, 11) is 0. The number of benzene rings is 2. The van der Waals surface area contributed by atoms with Crippen molar-refractivity contribution in [2.45, 2.75) is 97.8 Å². The first kappa shape index (κ1) is 46.7. The van der Waals surface area contributed by atoms with Crippen LogP contribution in [0, 0.1) is 13.8 Å². The van der Waals surface area contributed by atoms with Gasteiger partial charge in [-0.15, -0.1) is 10.2 Å². The molecule has 6 N–H and O–H groups in total. The van der Waals surface area contributed by atoms with Crippen molar-refractivity contribution in [3.8, 4) is 11.5 Å². The number of primary amides is 1. The van der Waals surface area contributed by atoms with Crippen molar-refractivity contribution in [2.75, 3.05) is 43.5 Å². The minimum Gasteiger partial charge on any atom is -0.490 e. The number of carbonyl (C=O) groups excluding carboxylic acids is 4. The van der Waals surface area contributed by atoms with Gasteiger partial charge in [-0.25, -0.2) is 9.97 Å². The van der Waals surface area contributed by atoms with Gasteiger partial charge in [0.2, 0.25) is 17.8 Å². The van der Waals surface area contributed by atoms with Crippen LogP contribution in [-0.2, 0) is 37.3 Å². The molecule has 10 rings (SSSR count). The molecule has 24 heteroatoms. The molecule has 2 bridgehead atoms. The van der Waals surface area contributed by atoms with Gasteiger partial charge in [-0.05, 0) is 83.4 Å². The van der Waals surface area contributed by atoms with Gasteiger partial charge in [0.1, 0.15) is 47.1 Å². The van der Waals surface area contributed by atoms with Crippen LogP contribution in [0.5, 0.6) is 11.5 Å². The summed E-state index contributed by atoms with van der Waals surface area (Å²) < 4.78 is 26.8. The summed E-state index contributed by atoms with van der Waals surface area (Å²) in [5, 5.41) is 32.0. The highest BCUT2D eigenvalue weighted by Gasteiger charge is 2.38. The SMILES string of the molecule is CCn1nc(C)cc1C(=O)Nc1nc2cc(C(N)=O)cc3c2n1C/C=C/Cn1c(NC(=O)c2cc(C)nn2CC)nc2cc(C(=O)NCCCc4nn[nH]n4)cc(c21)OCC(N1CC2CCC(C1)O2)CO3. The lowest BCUT2D eigenvalue weighted by Gasteiger charge is -2.37. The van der Waals surface area contributed by atoms with E-state index >= 15 is 0 Å². The first-order chi connectivity index (χ1) is 34.4. The average molecular weight is 970 g/mol. The molecule has 0 spiro atoms. The Morgan fingerprint density at radius 3 is 1.82 bits per heavy atom. The molecule has 2 aromatic carbocycles. The normalized spacial score (nSPS) is 18.6. The van der Waals surface area contributed by atoms with Crippen molar-refractivity contribution in [3.63, 3.8) is 0 Å². The molecule has 71 heavy (non-hydrogen) atoms. The Morgan fingerprint density at radius 1 is 0.746 bits per heavy atom. The number of tetrazole rings is 1. The molecular formula is C47H55N17O7. The fraction of sp³-hybridized carbons (Fsp3) is 0.426. The lowest BCUT2D eigenvalue weighted by molar-refractivity contribution is -0.0639. The summed E-state index contributed by atoms with van der Waals surface area (Å²) in [6.07, 6.45) is 6.77. The number of anilines is 2. The standard InChI is InChI=1S/C47H55N17O7/c1-5-63-35(16-26(3)56-63)44(67)52-46-50-33-18-28(42(48)65)20-37-40(33)61(46)14-7-8-15-62-41-34(51-47(62)53-45(68)36-17-27(4)57-64(36)6-2)19-29(43(66)49-13-9-10-39-54-58-59-55-39)21-38(41)70-25-30(24-69-37)60-22-31-11-12-32(23-60)71-31/h7-8,16-21,30-32H,5-6,9-15,22-25H2,1-4H3,(H2,48,65)(H,49,66)(H,50,52,67)(H,51,53,68)(H,54,55,58,59)/b8-7+. The Morgan fingerprint density at radius 2 is 1.30 bits per heavy atom. The predicted molar refractivity (Wildman–Crippen MR) is 257 cm³/mol. The molecule has 4 amide bonds. The lowest BCUT2D eigenvalue weighted by atomic mass is 10.1. The van der Waals surface area contributed by atoms with E-state index in [0.717, 1.165) is 12.8 Å². The zero-order chi connectivity index (χ0) is 49.3. The van der Waals surface area contributed by atoms with Gasteiger partial charge in [0.25, 0.3) is 17.7 Å². The van der Waals surface area contributed by atoms with Crippen LogP contribution in [0.1, 0.15) is 92.0 Å². The van der Waals surface area contributed by atoms with Gasteiger partial charge in [-0.1, -0.05) is 17.4 Å². The minimum atomic E-state index is -0.678. The van der Waals surface area contributed by atoms with E-state index < -0.39 is 23.8 Å². The summed E-state index contributed by atoms with van der Waals surface area (Å²) in [6, 6.07) is 9.58. The van der Waals surface area contributed by atoms with Crippen molar-refractivity contribution >= 4 is 57.6 Å². The van der Waals surface area contributed by atoms with Crippen LogP contribution in [0.2, 0.25) is 0 Å². The first-order valence-corrected chi connectivity index (χ1v) is 23.8. The maximum atomic E-state index is 14.1. The molecule has 0 radical (unpaired) electrons. The number of imidazole rings is 2. The number of amides is 4. The number of morpholine rings is 1. The van der Waals surface area contributed by atoms with Crippen molar-refractivity contribution < 1.29 is 33.4 Å². The van der Waals surface area contributed by atoms with Crippen LogP contribution in [0.15, 0.2) is 48.6 Å². The fourth-order valence-electron chi connectivity index (χ4n) is 9.54. The van der Waals surface area contributed by atoms with Crippen LogP contribution in [-0.4, -0.2) is 139 Å². The van der Waals surface area contributed by atoms with Crippen LogP contribution in [0.25, 0.3) is 22.1 Å². The maximum Gasteiger partial charge on any atom is 0.276 e. The molecule has 8 heterocycles. The number of aromatic nitrogens is 12. The highest BCUT2D eigenvalue weighted by molar-refractivity contribution is 6.05. The van der Waals surface area contributed by atoms with Gasteiger partial charge >= 0.3 is 0 Å². The zero-order valence-electron chi connectivity index (χ0n) is 39.8. The summed E-state index contributed by atoms with van der Waals surface area (Å²) in [5.41, 5.74) is 10.3. The second-order valence-corrected chi connectivity index (χ2v) is 17.9. The van der Waals surface area contributed by atoms with E-state index in [-0.39, 0.29) is 61.9 Å².